The summed E-state index contributed by atoms with van der Waals surface area (Å²) in [7, 11) is 0. The van der Waals surface area contributed by atoms with Gasteiger partial charge in [0.15, 0.2) is 0 Å². The summed E-state index contributed by atoms with van der Waals surface area (Å²) in [4.78, 5) is 35.8. The molecule has 1 atom stereocenters. The first-order valence-electron chi connectivity index (χ1n) is 8.31. The predicted octanol–water partition coefficient (Wildman–Crippen LogP) is 4.03. The highest BCUT2D eigenvalue weighted by Crippen LogP contribution is 2.28. The third-order valence-corrected chi connectivity index (χ3v) is 3.90. The second-order valence-electron chi connectivity index (χ2n) is 5.94. The van der Waals surface area contributed by atoms with E-state index in [1.807, 2.05) is 0 Å². The highest BCUT2D eigenvalue weighted by Gasteiger charge is 2.28. The molecule has 8 heteroatoms. The summed E-state index contributed by atoms with van der Waals surface area (Å²) in [6.07, 6.45) is -0.0103. The van der Waals surface area contributed by atoms with Crippen LogP contribution in [0.2, 0.25) is 0 Å². The number of hydrogen-bond acceptors (Lipinski definition) is 6. The van der Waals surface area contributed by atoms with Gasteiger partial charge in [0.2, 0.25) is 11.9 Å². The lowest BCUT2D eigenvalue weighted by atomic mass is 10.1. The number of rotatable bonds is 6. The molecule has 0 aliphatic heterocycles. The van der Waals surface area contributed by atoms with Crippen molar-refractivity contribution in [3.63, 3.8) is 0 Å². The first kappa shape index (κ1) is 18.8. The van der Waals surface area contributed by atoms with Crippen LogP contribution >= 0.6 is 0 Å². The number of nitrogens with zero attached hydrogens (tertiary/aromatic N) is 1. The van der Waals surface area contributed by atoms with Crippen molar-refractivity contribution < 1.29 is 23.7 Å². The summed E-state index contributed by atoms with van der Waals surface area (Å²) in [5, 5.41) is 13.8. The van der Waals surface area contributed by atoms with Gasteiger partial charge in [-0.25, -0.2) is 4.79 Å². The van der Waals surface area contributed by atoms with E-state index in [0.29, 0.717) is 11.1 Å². The van der Waals surface area contributed by atoms with Crippen LogP contribution in [-0.2, 0) is 9.53 Å². The number of carbonyl (C=O) groups is 2. The molecule has 3 rings (SSSR count). The smallest absolute Gasteiger partial charge is 0.375 e. The SMILES string of the molecule is Cc1ccc(NC(=O)[C@H](OC(=O)c2ccco2)c2ccccc2)c([N+](=O)[O-])c1. The van der Waals surface area contributed by atoms with Crippen molar-refractivity contribution in [3.8, 4) is 0 Å². The summed E-state index contributed by atoms with van der Waals surface area (Å²) in [6, 6.07) is 15.7. The summed E-state index contributed by atoms with van der Waals surface area (Å²) in [5.74, 6) is -1.61. The lowest BCUT2D eigenvalue weighted by molar-refractivity contribution is -0.384. The number of aryl methyl sites for hydroxylation is 1. The first-order chi connectivity index (χ1) is 13.5. The van der Waals surface area contributed by atoms with Crippen LogP contribution < -0.4 is 5.32 Å². The maximum Gasteiger partial charge on any atom is 0.375 e. The molecule has 28 heavy (non-hydrogen) atoms. The molecule has 0 aliphatic rings. The van der Waals surface area contributed by atoms with Crippen LogP contribution in [-0.4, -0.2) is 16.8 Å². The Balaban J connectivity index is 1.89. The number of furan rings is 1. The van der Waals surface area contributed by atoms with Crippen LogP contribution in [0, 0.1) is 17.0 Å². The highest BCUT2D eigenvalue weighted by molar-refractivity contribution is 5.99. The zero-order chi connectivity index (χ0) is 20.1. The third kappa shape index (κ3) is 4.24. The van der Waals surface area contributed by atoms with Crippen LogP contribution in [0.5, 0.6) is 0 Å². The van der Waals surface area contributed by atoms with Crippen molar-refractivity contribution in [2.45, 2.75) is 13.0 Å². The van der Waals surface area contributed by atoms with E-state index >= 15 is 0 Å². The van der Waals surface area contributed by atoms with Gasteiger partial charge in [0, 0.05) is 11.6 Å². The second-order valence-corrected chi connectivity index (χ2v) is 5.94. The molecule has 0 bridgehead atoms. The second kappa shape index (κ2) is 8.17. The molecule has 2 aromatic carbocycles. The Bertz CT molecular complexity index is 999. The predicted molar refractivity (Wildman–Crippen MR) is 99.8 cm³/mol. The number of carbonyl (C=O) groups excluding carboxylic acids is 2. The molecule has 1 heterocycles. The fourth-order valence-corrected chi connectivity index (χ4v) is 2.56. The lowest BCUT2D eigenvalue weighted by Crippen LogP contribution is -2.26. The fourth-order valence-electron chi connectivity index (χ4n) is 2.56. The molecule has 1 amide bonds. The van der Waals surface area contributed by atoms with Gasteiger partial charge >= 0.3 is 5.97 Å². The van der Waals surface area contributed by atoms with Crippen molar-refractivity contribution in [2.75, 3.05) is 5.32 Å². The van der Waals surface area contributed by atoms with Gasteiger partial charge in [-0.1, -0.05) is 36.4 Å². The number of nitro groups is 1. The van der Waals surface area contributed by atoms with Gasteiger partial charge in [0.1, 0.15) is 5.69 Å². The maximum absolute atomic E-state index is 12.8. The van der Waals surface area contributed by atoms with E-state index in [4.69, 9.17) is 9.15 Å². The van der Waals surface area contributed by atoms with E-state index in [1.165, 1.54) is 30.5 Å². The summed E-state index contributed by atoms with van der Waals surface area (Å²) >= 11 is 0. The molecule has 3 aromatic rings. The number of hydrogen-bond donors (Lipinski definition) is 1. The van der Waals surface area contributed by atoms with Crippen LogP contribution in [0.1, 0.15) is 27.8 Å². The molecule has 0 saturated heterocycles. The standard InChI is InChI=1S/C20H16N2O6/c1-13-9-10-15(16(12-13)22(25)26)21-19(23)18(14-6-3-2-4-7-14)28-20(24)17-8-5-11-27-17/h2-12,18H,1H3,(H,21,23)/t18-/m1/s1. The Kier molecular flexibility index (Phi) is 5.50. The van der Waals surface area contributed by atoms with Gasteiger partial charge < -0.3 is 14.5 Å². The van der Waals surface area contributed by atoms with Gasteiger partial charge in [0.05, 0.1) is 11.2 Å². The Morgan fingerprint density at radius 1 is 1.11 bits per heavy atom. The van der Waals surface area contributed by atoms with Crippen molar-refractivity contribution in [1.82, 2.24) is 0 Å². The van der Waals surface area contributed by atoms with E-state index in [2.05, 4.69) is 5.32 Å². The zero-order valence-electron chi connectivity index (χ0n) is 14.8. The molecular formula is C20H16N2O6. The van der Waals surface area contributed by atoms with Gasteiger partial charge in [0.25, 0.3) is 11.6 Å². The molecule has 0 fully saturated rings. The largest absolute Gasteiger partial charge is 0.457 e. The quantitative estimate of drug-likeness (QED) is 0.392. The average molecular weight is 380 g/mol. The van der Waals surface area contributed by atoms with Gasteiger partial charge in [-0.05, 0) is 30.7 Å². The van der Waals surface area contributed by atoms with Crippen LogP contribution in [0.3, 0.4) is 0 Å². The number of anilines is 1. The molecule has 0 spiro atoms. The third-order valence-electron chi connectivity index (χ3n) is 3.90. The van der Waals surface area contributed by atoms with Crippen LogP contribution in [0.25, 0.3) is 0 Å². The molecule has 142 valence electrons. The van der Waals surface area contributed by atoms with Crippen molar-refractivity contribution in [3.05, 3.63) is 93.9 Å². The highest BCUT2D eigenvalue weighted by atomic mass is 16.6. The average Bonchev–Trinajstić information content (AvgIpc) is 3.22. The van der Waals surface area contributed by atoms with Crippen molar-refractivity contribution >= 4 is 23.3 Å². The van der Waals surface area contributed by atoms with Crippen LogP contribution in [0.15, 0.2) is 71.3 Å². The topological polar surface area (TPSA) is 112 Å². The number of nitrogens with one attached hydrogen (secondary N) is 1. The van der Waals surface area contributed by atoms with E-state index in [-0.39, 0.29) is 17.1 Å². The molecule has 1 N–H and O–H groups in total. The Hall–Kier alpha value is -3.94. The molecule has 8 nitrogen and oxygen atoms in total. The number of benzene rings is 2. The summed E-state index contributed by atoms with van der Waals surface area (Å²) < 4.78 is 10.3. The Morgan fingerprint density at radius 3 is 2.50 bits per heavy atom. The first-order valence-corrected chi connectivity index (χ1v) is 8.31. The minimum Gasteiger partial charge on any atom is -0.457 e. The zero-order valence-corrected chi connectivity index (χ0v) is 14.8. The van der Waals surface area contributed by atoms with E-state index in [1.54, 1.807) is 43.3 Å². The Labute approximate surface area is 159 Å². The maximum atomic E-state index is 12.8. The molecule has 1 aromatic heterocycles. The van der Waals surface area contributed by atoms with Gasteiger partial charge in [-0.2, -0.15) is 0 Å². The fraction of sp³-hybridized carbons (Fsp3) is 0.100. The molecule has 0 saturated carbocycles. The van der Waals surface area contributed by atoms with Crippen molar-refractivity contribution in [2.24, 2.45) is 0 Å². The number of ether oxygens (including phenoxy) is 1. The number of nitro benzene ring substituents is 1. The van der Waals surface area contributed by atoms with Crippen LogP contribution in [0.4, 0.5) is 11.4 Å². The number of amides is 1. The monoisotopic (exact) mass is 380 g/mol. The molecular weight excluding hydrogens is 364 g/mol. The summed E-state index contributed by atoms with van der Waals surface area (Å²) in [6.45, 7) is 1.70. The van der Waals surface area contributed by atoms with Gasteiger partial charge in [-0.15, -0.1) is 0 Å². The van der Waals surface area contributed by atoms with Crippen molar-refractivity contribution in [1.29, 1.82) is 0 Å². The molecule has 0 radical (unpaired) electrons. The minimum atomic E-state index is -1.32. The lowest BCUT2D eigenvalue weighted by Gasteiger charge is -2.17. The van der Waals surface area contributed by atoms with E-state index in [0.717, 1.165) is 0 Å². The number of esters is 1. The Morgan fingerprint density at radius 2 is 1.86 bits per heavy atom. The van der Waals surface area contributed by atoms with Gasteiger partial charge in [-0.3, -0.25) is 14.9 Å². The van der Waals surface area contributed by atoms with E-state index < -0.39 is 22.9 Å². The minimum absolute atomic E-state index is 0.00980. The van der Waals surface area contributed by atoms with E-state index in [9.17, 15) is 19.7 Å². The molecule has 0 aliphatic carbocycles. The normalized spacial score (nSPS) is 11.5. The summed E-state index contributed by atoms with van der Waals surface area (Å²) in [5.41, 5.74) is 0.844. The molecule has 0 unspecified atom stereocenters.